The molecule has 0 bridgehead atoms. The van der Waals surface area contributed by atoms with E-state index in [1.807, 2.05) is 0 Å². The van der Waals surface area contributed by atoms with E-state index < -0.39 is 9.84 Å². The van der Waals surface area contributed by atoms with E-state index in [-0.39, 0.29) is 35.8 Å². The van der Waals surface area contributed by atoms with E-state index in [9.17, 15) is 8.42 Å². The largest absolute Gasteiger partial charge is 0.356 e. The Labute approximate surface area is 152 Å². The van der Waals surface area contributed by atoms with Crippen LogP contribution in [-0.2, 0) is 9.84 Å². The van der Waals surface area contributed by atoms with Gasteiger partial charge in [0.15, 0.2) is 15.8 Å². The van der Waals surface area contributed by atoms with E-state index >= 15 is 0 Å². The van der Waals surface area contributed by atoms with Crippen LogP contribution in [0.5, 0.6) is 0 Å². The van der Waals surface area contributed by atoms with Gasteiger partial charge in [0.2, 0.25) is 0 Å². The lowest BCUT2D eigenvalue weighted by atomic mass is 10.0. The van der Waals surface area contributed by atoms with E-state index in [1.54, 1.807) is 7.05 Å². The zero-order valence-corrected chi connectivity index (χ0v) is 16.7. The first kappa shape index (κ1) is 20.0. The predicted molar refractivity (Wildman–Crippen MR) is 103 cm³/mol. The van der Waals surface area contributed by atoms with Crippen LogP contribution in [-0.4, -0.2) is 45.5 Å². The molecule has 1 atom stereocenters. The van der Waals surface area contributed by atoms with E-state index in [2.05, 4.69) is 15.6 Å². The molecule has 1 unspecified atom stereocenters. The maximum absolute atomic E-state index is 11.4. The van der Waals surface area contributed by atoms with Gasteiger partial charge in [0.1, 0.15) is 0 Å². The number of hydrogen-bond acceptors (Lipinski definition) is 3. The second-order valence-electron chi connectivity index (χ2n) is 6.39. The summed E-state index contributed by atoms with van der Waals surface area (Å²) in [5.74, 6) is 2.22. The fourth-order valence-corrected chi connectivity index (χ4v) is 5.03. The molecule has 22 heavy (non-hydrogen) atoms. The summed E-state index contributed by atoms with van der Waals surface area (Å²) in [5.41, 5.74) is 0. The molecule has 0 spiro atoms. The van der Waals surface area contributed by atoms with Gasteiger partial charge in [0.05, 0.1) is 11.5 Å². The van der Waals surface area contributed by atoms with Crippen molar-refractivity contribution in [2.75, 3.05) is 25.1 Å². The molecule has 0 aromatic carbocycles. The van der Waals surface area contributed by atoms with Crippen molar-refractivity contribution in [3.05, 3.63) is 0 Å². The number of unbranched alkanes of at least 4 members (excludes halogenated alkanes) is 1. The molecule has 0 aromatic rings. The van der Waals surface area contributed by atoms with Gasteiger partial charge < -0.3 is 10.6 Å². The summed E-state index contributed by atoms with van der Waals surface area (Å²) in [6.07, 6.45) is 10.2. The number of rotatable bonds is 6. The summed E-state index contributed by atoms with van der Waals surface area (Å²) >= 11 is 0. The van der Waals surface area contributed by atoms with Gasteiger partial charge >= 0.3 is 0 Å². The zero-order valence-electron chi connectivity index (χ0n) is 13.5. The Bertz CT molecular complexity index is 448. The fourth-order valence-electron chi connectivity index (χ4n) is 3.36. The van der Waals surface area contributed by atoms with Crippen LogP contribution in [0.3, 0.4) is 0 Å². The average Bonchev–Trinajstić information content (AvgIpc) is 3.06. The van der Waals surface area contributed by atoms with E-state index in [1.165, 1.54) is 38.5 Å². The number of halogens is 1. The molecule has 0 radical (unpaired) electrons. The summed E-state index contributed by atoms with van der Waals surface area (Å²) < 4.78 is 22.9. The number of guanidine groups is 1. The SMILES string of the molecule is CN=C(NCCCCC1CCCC1)NC1CCS(=O)(=O)C1.I. The second-order valence-corrected chi connectivity index (χ2v) is 8.62. The van der Waals surface area contributed by atoms with Crippen LogP contribution in [0.15, 0.2) is 4.99 Å². The molecule has 1 saturated heterocycles. The number of nitrogens with zero attached hydrogens (tertiary/aromatic N) is 1. The molecule has 2 fully saturated rings. The second kappa shape index (κ2) is 9.95. The molecule has 2 N–H and O–H groups in total. The maximum Gasteiger partial charge on any atom is 0.191 e. The van der Waals surface area contributed by atoms with Gasteiger partial charge in [-0.3, -0.25) is 4.99 Å². The number of aliphatic imine (C=N–C) groups is 1. The molecule has 7 heteroatoms. The first-order chi connectivity index (χ1) is 10.1. The van der Waals surface area contributed by atoms with Gasteiger partial charge in [-0.2, -0.15) is 0 Å². The Morgan fingerprint density at radius 1 is 1.18 bits per heavy atom. The van der Waals surface area contributed by atoms with Crippen molar-refractivity contribution in [2.45, 2.75) is 57.4 Å². The van der Waals surface area contributed by atoms with Gasteiger partial charge in [-0.1, -0.05) is 38.5 Å². The highest BCUT2D eigenvalue weighted by Crippen LogP contribution is 2.28. The van der Waals surface area contributed by atoms with E-state index in [0.717, 1.165) is 24.8 Å². The molecule has 1 saturated carbocycles. The molecular formula is C15H30IN3O2S. The quantitative estimate of drug-likeness (QED) is 0.286. The fraction of sp³-hybridized carbons (Fsp3) is 0.933. The molecule has 130 valence electrons. The molecule has 0 aromatic heterocycles. The number of hydrogen-bond donors (Lipinski definition) is 2. The van der Waals surface area contributed by atoms with Gasteiger partial charge in [0, 0.05) is 19.6 Å². The van der Waals surface area contributed by atoms with Crippen LogP contribution in [0, 0.1) is 5.92 Å². The molecule has 1 heterocycles. The van der Waals surface area contributed by atoms with Crippen LogP contribution in [0.2, 0.25) is 0 Å². The lowest BCUT2D eigenvalue weighted by Crippen LogP contribution is -2.44. The minimum atomic E-state index is -2.83. The lowest BCUT2D eigenvalue weighted by Gasteiger charge is -2.16. The van der Waals surface area contributed by atoms with Crippen LogP contribution in [0.4, 0.5) is 0 Å². The molecule has 2 aliphatic rings. The Kier molecular flexibility index (Phi) is 9.04. The standard InChI is InChI=1S/C15H29N3O2S.HI/c1-16-15(18-14-9-11-21(19,20)12-14)17-10-5-4-8-13-6-2-3-7-13;/h13-14H,2-12H2,1H3,(H2,16,17,18);1H. The third-order valence-corrected chi connectivity index (χ3v) is 6.37. The van der Waals surface area contributed by atoms with Gasteiger partial charge in [-0.15, -0.1) is 24.0 Å². The van der Waals surface area contributed by atoms with Crippen molar-refractivity contribution in [1.29, 1.82) is 0 Å². The average molecular weight is 443 g/mol. The monoisotopic (exact) mass is 443 g/mol. The summed E-state index contributed by atoms with van der Waals surface area (Å²) in [5, 5.41) is 6.51. The highest BCUT2D eigenvalue weighted by atomic mass is 127. The Hall–Kier alpha value is -0.0500. The van der Waals surface area contributed by atoms with Crippen LogP contribution in [0.25, 0.3) is 0 Å². The molecule has 1 aliphatic carbocycles. The van der Waals surface area contributed by atoms with Crippen molar-refractivity contribution in [3.63, 3.8) is 0 Å². The van der Waals surface area contributed by atoms with E-state index in [0.29, 0.717) is 12.2 Å². The van der Waals surface area contributed by atoms with Gasteiger partial charge in [0.25, 0.3) is 0 Å². The number of nitrogens with one attached hydrogen (secondary N) is 2. The zero-order chi connectivity index (χ0) is 15.1. The lowest BCUT2D eigenvalue weighted by molar-refractivity contribution is 0.472. The van der Waals surface area contributed by atoms with Crippen LogP contribution >= 0.6 is 24.0 Å². The van der Waals surface area contributed by atoms with Crippen molar-refractivity contribution in [2.24, 2.45) is 10.9 Å². The first-order valence-electron chi connectivity index (χ1n) is 8.26. The summed E-state index contributed by atoms with van der Waals surface area (Å²) in [6, 6.07) is 0.0136. The minimum Gasteiger partial charge on any atom is -0.356 e. The third kappa shape index (κ3) is 7.02. The smallest absolute Gasteiger partial charge is 0.191 e. The van der Waals surface area contributed by atoms with Crippen molar-refractivity contribution in [1.82, 2.24) is 10.6 Å². The van der Waals surface area contributed by atoms with Gasteiger partial charge in [-0.25, -0.2) is 8.42 Å². The van der Waals surface area contributed by atoms with Crippen molar-refractivity contribution < 1.29 is 8.42 Å². The van der Waals surface area contributed by atoms with E-state index in [4.69, 9.17) is 0 Å². The number of sulfone groups is 1. The molecule has 5 nitrogen and oxygen atoms in total. The summed E-state index contributed by atoms with van der Waals surface area (Å²) in [7, 11) is -1.10. The highest BCUT2D eigenvalue weighted by molar-refractivity contribution is 14.0. The summed E-state index contributed by atoms with van der Waals surface area (Å²) in [4.78, 5) is 4.17. The Balaban J connectivity index is 0.00000242. The summed E-state index contributed by atoms with van der Waals surface area (Å²) in [6.45, 7) is 0.909. The minimum absolute atomic E-state index is 0. The normalized spacial score (nSPS) is 25.0. The molecule has 2 rings (SSSR count). The molecular weight excluding hydrogens is 413 g/mol. The Morgan fingerprint density at radius 3 is 2.50 bits per heavy atom. The van der Waals surface area contributed by atoms with Crippen molar-refractivity contribution in [3.8, 4) is 0 Å². The van der Waals surface area contributed by atoms with Gasteiger partial charge in [-0.05, 0) is 18.8 Å². The topological polar surface area (TPSA) is 70.6 Å². The Morgan fingerprint density at radius 2 is 1.91 bits per heavy atom. The maximum atomic E-state index is 11.4. The molecule has 1 aliphatic heterocycles. The van der Waals surface area contributed by atoms with Crippen molar-refractivity contribution >= 4 is 39.8 Å². The highest BCUT2D eigenvalue weighted by Gasteiger charge is 2.28. The van der Waals surface area contributed by atoms with Crippen LogP contribution < -0.4 is 10.6 Å². The predicted octanol–water partition coefficient (Wildman–Crippen LogP) is 2.32. The van der Waals surface area contributed by atoms with Crippen LogP contribution in [0.1, 0.15) is 51.4 Å². The molecule has 0 amide bonds. The first-order valence-corrected chi connectivity index (χ1v) is 10.1. The third-order valence-electron chi connectivity index (χ3n) is 4.60.